The lowest BCUT2D eigenvalue weighted by Gasteiger charge is -2.25. The summed E-state index contributed by atoms with van der Waals surface area (Å²) < 4.78 is 0. The fourth-order valence-corrected chi connectivity index (χ4v) is 2.08. The third kappa shape index (κ3) is 5.33. The summed E-state index contributed by atoms with van der Waals surface area (Å²) in [4.78, 5) is 13.0. The lowest BCUT2D eigenvalue weighted by molar-refractivity contribution is -0.136. The Labute approximate surface area is 116 Å². The van der Waals surface area contributed by atoms with E-state index in [0.29, 0.717) is 6.54 Å². The van der Waals surface area contributed by atoms with Crippen LogP contribution in [0.25, 0.3) is 0 Å². The van der Waals surface area contributed by atoms with Gasteiger partial charge in [0.1, 0.15) is 0 Å². The van der Waals surface area contributed by atoms with Gasteiger partial charge in [-0.3, -0.25) is 4.79 Å². The molecular formula is C16H25NO2. The first-order valence-corrected chi connectivity index (χ1v) is 7.08. The molecule has 3 heteroatoms. The summed E-state index contributed by atoms with van der Waals surface area (Å²) in [7, 11) is 0. The zero-order chi connectivity index (χ0) is 14.3. The Kier molecular flexibility index (Phi) is 6.40. The van der Waals surface area contributed by atoms with Crippen molar-refractivity contribution in [2.75, 3.05) is 18.0 Å². The van der Waals surface area contributed by atoms with Gasteiger partial charge < -0.3 is 10.0 Å². The molecule has 0 spiro atoms. The number of carbonyl (C=O) groups is 1. The van der Waals surface area contributed by atoms with Crippen LogP contribution < -0.4 is 4.90 Å². The number of anilines is 1. The third-order valence-corrected chi connectivity index (χ3v) is 3.48. The van der Waals surface area contributed by atoms with Crippen LogP contribution >= 0.6 is 0 Å². The van der Waals surface area contributed by atoms with Crippen molar-refractivity contribution in [3.05, 3.63) is 29.3 Å². The van der Waals surface area contributed by atoms with Gasteiger partial charge >= 0.3 is 5.97 Å². The van der Waals surface area contributed by atoms with Gasteiger partial charge in [-0.05, 0) is 43.5 Å². The highest BCUT2D eigenvalue weighted by Gasteiger charge is 2.09. The van der Waals surface area contributed by atoms with Gasteiger partial charge in [-0.25, -0.2) is 0 Å². The fourth-order valence-electron chi connectivity index (χ4n) is 2.08. The molecule has 1 N–H and O–H groups in total. The first kappa shape index (κ1) is 15.5. The molecule has 0 amide bonds. The number of aliphatic carboxylic acids is 1. The van der Waals surface area contributed by atoms with E-state index >= 15 is 0 Å². The van der Waals surface area contributed by atoms with Gasteiger partial charge in [-0.1, -0.05) is 25.8 Å². The largest absolute Gasteiger partial charge is 0.481 e. The highest BCUT2D eigenvalue weighted by molar-refractivity contribution is 5.67. The smallest absolute Gasteiger partial charge is 0.305 e. The SMILES string of the molecule is CCCCCN(CCC(=O)O)c1ccc(C)c(C)c1. The summed E-state index contributed by atoms with van der Waals surface area (Å²) >= 11 is 0. The van der Waals surface area contributed by atoms with Crippen LogP contribution in [0.15, 0.2) is 18.2 Å². The number of hydrogen-bond donors (Lipinski definition) is 1. The molecule has 0 fully saturated rings. The quantitative estimate of drug-likeness (QED) is 0.726. The second kappa shape index (κ2) is 7.82. The Morgan fingerprint density at radius 2 is 1.89 bits per heavy atom. The maximum Gasteiger partial charge on any atom is 0.305 e. The van der Waals surface area contributed by atoms with Crippen LogP contribution in [0.5, 0.6) is 0 Å². The molecule has 0 atom stereocenters. The number of unbranched alkanes of at least 4 members (excludes halogenated alkanes) is 2. The molecule has 0 bridgehead atoms. The second-order valence-corrected chi connectivity index (χ2v) is 5.11. The first-order valence-electron chi connectivity index (χ1n) is 7.08. The molecule has 0 saturated heterocycles. The number of benzene rings is 1. The molecule has 19 heavy (non-hydrogen) atoms. The van der Waals surface area contributed by atoms with Crippen molar-refractivity contribution in [2.24, 2.45) is 0 Å². The minimum atomic E-state index is -0.732. The second-order valence-electron chi connectivity index (χ2n) is 5.11. The van der Waals surface area contributed by atoms with E-state index in [2.05, 4.69) is 43.9 Å². The lowest BCUT2D eigenvalue weighted by atomic mass is 10.1. The van der Waals surface area contributed by atoms with E-state index in [0.717, 1.165) is 18.7 Å². The Bertz CT molecular complexity index is 415. The Balaban J connectivity index is 2.74. The molecule has 0 aliphatic heterocycles. The molecule has 0 saturated carbocycles. The van der Waals surface area contributed by atoms with E-state index in [1.165, 1.54) is 24.0 Å². The zero-order valence-electron chi connectivity index (χ0n) is 12.3. The Hall–Kier alpha value is -1.51. The first-order chi connectivity index (χ1) is 9.04. The lowest BCUT2D eigenvalue weighted by Crippen LogP contribution is -2.27. The number of carboxylic acid groups (broad SMARTS) is 1. The maximum atomic E-state index is 10.8. The van der Waals surface area contributed by atoms with Crippen LogP contribution in [0, 0.1) is 13.8 Å². The van der Waals surface area contributed by atoms with Crippen LogP contribution in [0.1, 0.15) is 43.7 Å². The van der Waals surface area contributed by atoms with Crippen molar-refractivity contribution in [2.45, 2.75) is 46.5 Å². The van der Waals surface area contributed by atoms with E-state index in [1.807, 2.05) is 0 Å². The average molecular weight is 263 g/mol. The van der Waals surface area contributed by atoms with Gasteiger partial charge in [-0.15, -0.1) is 0 Å². The van der Waals surface area contributed by atoms with E-state index in [1.54, 1.807) is 0 Å². The van der Waals surface area contributed by atoms with E-state index in [9.17, 15) is 4.79 Å². The molecule has 1 rings (SSSR count). The van der Waals surface area contributed by atoms with Gasteiger partial charge in [0, 0.05) is 18.8 Å². The number of hydrogen-bond acceptors (Lipinski definition) is 2. The number of aryl methyl sites for hydroxylation is 2. The van der Waals surface area contributed by atoms with Gasteiger partial charge in [0.25, 0.3) is 0 Å². The highest BCUT2D eigenvalue weighted by atomic mass is 16.4. The zero-order valence-corrected chi connectivity index (χ0v) is 12.3. The third-order valence-electron chi connectivity index (χ3n) is 3.48. The van der Waals surface area contributed by atoms with Crippen LogP contribution in [-0.4, -0.2) is 24.2 Å². The molecule has 0 unspecified atom stereocenters. The van der Waals surface area contributed by atoms with E-state index < -0.39 is 5.97 Å². The molecule has 0 aromatic heterocycles. The van der Waals surface area contributed by atoms with Crippen molar-refractivity contribution in [3.63, 3.8) is 0 Å². The normalized spacial score (nSPS) is 10.5. The van der Waals surface area contributed by atoms with Crippen LogP contribution in [-0.2, 0) is 4.79 Å². The summed E-state index contributed by atoms with van der Waals surface area (Å²) in [6, 6.07) is 6.36. The predicted octanol–water partition coefficient (Wildman–Crippen LogP) is 3.77. The molecular weight excluding hydrogens is 238 g/mol. The number of carboxylic acids is 1. The summed E-state index contributed by atoms with van der Waals surface area (Å²) in [6.07, 6.45) is 3.68. The average Bonchev–Trinajstić information content (AvgIpc) is 2.37. The van der Waals surface area contributed by atoms with Crippen molar-refractivity contribution < 1.29 is 9.90 Å². The van der Waals surface area contributed by atoms with Gasteiger partial charge in [-0.2, -0.15) is 0 Å². The topological polar surface area (TPSA) is 40.5 Å². The molecule has 3 nitrogen and oxygen atoms in total. The Morgan fingerprint density at radius 1 is 1.16 bits per heavy atom. The molecule has 1 aromatic carbocycles. The highest BCUT2D eigenvalue weighted by Crippen LogP contribution is 2.19. The van der Waals surface area contributed by atoms with Crippen molar-refractivity contribution in [1.29, 1.82) is 0 Å². The van der Waals surface area contributed by atoms with Crippen molar-refractivity contribution >= 4 is 11.7 Å². The molecule has 0 radical (unpaired) electrons. The predicted molar refractivity (Wildman–Crippen MR) is 79.9 cm³/mol. The molecule has 0 aliphatic carbocycles. The minimum Gasteiger partial charge on any atom is -0.481 e. The fraction of sp³-hybridized carbons (Fsp3) is 0.562. The van der Waals surface area contributed by atoms with Crippen LogP contribution in [0.3, 0.4) is 0 Å². The maximum absolute atomic E-state index is 10.8. The number of rotatable bonds is 8. The molecule has 1 aromatic rings. The summed E-state index contributed by atoms with van der Waals surface area (Å²) in [5.74, 6) is -0.732. The van der Waals surface area contributed by atoms with Gasteiger partial charge in [0.15, 0.2) is 0 Å². The molecule has 0 heterocycles. The standard InChI is InChI=1S/C16H25NO2/c1-4-5-6-10-17(11-9-16(18)19)15-8-7-13(2)14(3)12-15/h7-8,12H,4-6,9-11H2,1-3H3,(H,18,19). The number of nitrogens with zero attached hydrogens (tertiary/aromatic N) is 1. The van der Waals surface area contributed by atoms with E-state index in [-0.39, 0.29) is 6.42 Å². The minimum absolute atomic E-state index is 0.194. The van der Waals surface area contributed by atoms with E-state index in [4.69, 9.17) is 5.11 Å². The summed E-state index contributed by atoms with van der Waals surface area (Å²) in [5, 5.41) is 8.85. The van der Waals surface area contributed by atoms with Gasteiger partial charge in [0.2, 0.25) is 0 Å². The van der Waals surface area contributed by atoms with Crippen LogP contribution in [0.4, 0.5) is 5.69 Å². The van der Waals surface area contributed by atoms with Crippen molar-refractivity contribution in [3.8, 4) is 0 Å². The van der Waals surface area contributed by atoms with Gasteiger partial charge in [0.05, 0.1) is 6.42 Å². The Morgan fingerprint density at radius 3 is 2.47 bits per heavy atom. The summed E-state index contributed by atoms with van der Waals surface area (Å²) in [6.45, 7) is 7.89. The monoisotopic (exact) mass is 263 g/mol. The molecule has 106 valence electrons. The summed E-state index contributed by atoms with van der Waals surface area (Å²) in [5.41, 5.74) is 3.67. The van der Waals surface area contributed by atoms with Crippen molar-refractivity contribution in [1.82, 2.24) is 0 Å². The molecule has 0 aliphatic rings. The van der Waals surface area contributed by atoms with Crippen LogP contribution in [0.2, 0.25) is 0 Å².